The minimum atomic E-state index is 0.506. The zero-order valence-corrected chi connectivity index (χ0v) is 21.5. The topological polar surface area (TPSA) is 96.7 Å². The molecule has 2 aromatic carbocycles. The van der Waals surface area contributed by atoms with Gasteiger partial charge in [0.25, 0.3) is 0 Å². The van der Waals surface area contributed by atoms with E-state index >= 15 is 0 Å². The van der Waals surface area contributed by atoms with Crippen molar-refractivity contribution in [3.8, 4) is 0 Å². The van der Waals surface area contributed by atoms with E-state index in [-0.39, 0.29) is 0 Å². The summed E-state index contributed by atoms with van der Waals surface area (Å²) in [5.74, 6) is 0.506. The summed E-state index contributed by atoms with van der Waals surface area (Å²) in [6.07, 6.45) is 3.98. The van der Waals surface area contributed by atoms with Gasteiger partial charge >= 0.3 is 0 Å². The highest BCUT2D eigenvalue weighted by molar-refractivity contribution is 7.97. The van der Waals surface area contributed by atoms with E-state index in [1.165, 1.54) is 0 Å². The van der Waals surface area contributed by atoms with Crippen molar-refractivity contribution in [2.45, 2.75) is 38.1 Å². The average molecular weight is 489 g/mol. The van der Waals surface area contributed by atoms with Crippen LogP contribution >= 0.6 is 11.9 Å². The van der Waals surface area contributed by atoms with Crippen LogP contribution in [0.4, 0.5) is 22.9 Å². The number of benzene rings is 2. The molecule has 4 aromatic rings. The van der Waals surface area contributed by atoms with E-state index in [1.807, 2.05) is 63.7 Å². The Bertz CT molecular complexity index is 1290. The van der Waals surface area contributed by atoms with Gasteiger partial charge in [-0.3, -0.25) is 4.72 Å². The van der Waals surface area contributed by atoms with Gasteiger partial charge in [-0.25, -0.2) is 9.97 Å². The van der Waals surface area contributed by atoms with Crippen molar-refractivity contribution in [3.05, 3.63) is 66.1 Å². The number of azo groups is 1. The SMILES string of the molecule is Cc1nc(N)c2ncn(CCCCNSc3ccc(N=Nc4ccc(N(C)C)cc4)cc3)c2c1C. The molecule has 9 heteroatoms. The van der Waals surface area contributed by atoms with Crippen molar-refractivity contribution < 1.29 is 0 Å². The van der Waals surface area contributed by atoms with E-state index in [4.69, 9.17) is 5.73 Å². The Morgan fingerprint density at radius 1 is 0.971 bits per heavy atom. The average Bonchev–Trinajstić information content (AvgIpc) is 3.29. The molecule has 0 saturated heterocycles. The van der Waals surface area contributed by atoms with Gasteiger partial charge in [0.15, 0.2) is 5.82 Å². The molecule has 0 aliphatic heterocycles. The molecule has 0 radical (unpaired) electrons. The van der Waals surface area contributed by atoms with Crippen LogP contribution in [0, 0.1) is 13.8 Å². The van der Waals surface area contributed by atoms with E-state index < -0.39 is 0 Å². The van der Waals surface area contributed by atoms with Crippen molar-refractivity contribution in [1.82, 2.24) is 19.3 Å². The third-order valence-corrected chi connectivity index (χ3v) is 6.72. The monoisotopic (exact) mass is 488 g/mol. The minimum absolute atomic E-state index is 0.506. The number of aryl methyl sites for hydroxylation is 3. The summed E-state index contributed by atoms with van der Waals surface area (Å²) in [6, 6.07) is 16.1. The summed E-state index contributed by atoms with van der Waals surface area (Å²) < 4.78 is 5.63. The third-order valence-electron chi connectivity index (χ3n) is 5.87. The van der Waals surface area contributed by atoms with Crippen LogP contribution in [-0.4, -0.2) is 35.2 Å². The first kappa shape index (κ1) is 24.7. The Hall–Kier alpha value is -3.43. The summed E-state index contributed by atoms with van der Waals surface area (Å²) in [4.78, 5) is 12.0. The molecule has 0 aliphatic carbocycles. The Labute approximate surface area is 210 Å². The van der Waals surface area contributed by atoms with Crippen molar-refractivity contribution in [2.75, 3.05) is 31.3 Å². The number of aromatic nitrogens is 3. The zero-order chi connectivity index (χ0) is 24.8. The second kappa shape index (κ2) is 11.3. The van der Waals surface area contributed by atoms with Crippen LogP contribution in [0.25, 0.3) is 11.0 Å². The number of fused-ring (bicyclic) bond motifs is 1. The van der Waals surface area contributed by atoms with Gasteiger partial charge in [0.1, 0.15) is 5.52 Å². The first-order chi connectivity index (χ1) is 16.9. The van der Waals surface area contributed by atoms with Crippen molar-refractivity contribution in [1.29, 1.82) is 0 Å². The molecule has 0 bridgehead atoms. The maximum Gasteiger partial charge on any atom is 0.151 e. The molecule has 3 N–H and O–H groups in total. The van der Waals surface area contributed by atoms with Crippen LogP contribution < -0.4 is 15.4 Å². The van der Waals surface area contributed by atoms with E-state index in [2.05, 4.69) is 53.4 Å². The highest BCUT2D eigenvalue weighted by Gasteiger charge is 2.12. The van der Waals surface area contributed by atoms with Crippen molar-refractivity contribution >= 4 is 45.9 Å². The molecule has 0 fully saturated rings. The standard InChI is InChI=1S/C26H32N8S/c1-18-19(2)30-26(27)24-25(18)34(17-28-24)16-6-5-15-29-35-23-13-9-21(10-14-23)32-31-20-7-11-22(12-8-20)33(3)4/h7-14,17,29H,5-6,15-16H2,1-4H3,(H2,27,30). The summed E-state index contributed by atoms with van der Waals surface area (Å²) in [5.41, 5.74) is 12.9. The van der Waals surface area contributed by atoms with Gasteiger partial charge in [-0.15, -0.1) is 0 Å². The van der Waals surface area contributed by atoms with Crippen LogP contribution in [0.2, 0.25) is 0 Å². The summed E-state index contributed by atoms with van der Waals surface area (Å²) in [7, 11) is 4.04. The third kappa shape index (κ3) is 6.17. The number of unbranched alkanes of at least 4 members (excludes halogenated alkanes) is 1. The van der Waals surface area contributed by atoms with Gasteiger partial charge in [0.2, 0.25) is 0 Å². The van der Waals surface area contributed by atoms with Crippen LogP contribution in [-0.2, 0) is 6.54 Å². The fourth-order valence-electron chi connectivity index (χ4n) is 3.75. The largest absolute Gasteiger partial charge is 0.382 e. The van der Waals surface area contributed by atoms with Gasteiger partial charge < -0.3 is 15.2 Å². The highest BCUT2D eigenvalue weighted by Crippen LogP contribution is 2.25. The van der Waals surface area contributed by atoms with Gasteiger partial charge in [0.05, 0.1) is 23.2 Å². The number of pyridine rings is 1. The summed E-state index contributed by atoms with van der Waals surface area (Å²) >= 11 is 1.63. The molecule has 182 valence electrons. The number of imidazole rings is 1. The molecular weight excluding hydrogens is 456 g/mol. The molecular formula is C26H32N8S. The number of nitrogens with one attached hydrogen (secondary N) is 1. The van der Waals surface area contributed by atoms with Crippen LogP contribution in [0.3, 0.4) is 0 Å². The molecule has 2 heterocycles. The molecule has 0 aliphatic rings. The molecule has 0 amide bonds. The number of hydrogen-bond donors (Lipinski definition) is 2. The quantitative estimate of drug-likeness (QED) is 0.157. The predicted octanol–water partition coefficient (Wildman–Crippen LogP) is 6.19. The van der Waals surface area contributed by atoms with Gasteiger partial charge in [-0.05, 0) is 92.7 Å². The first-order valence-corrected chi connectivity index (χ1v) is 12.5. The van der Waals surface area contributed by atoms with Crippen molar-refractivity contribution in [2.24, 2.45) is 10.2 Å². The molecule has 2 aromatic heterocycles. The fraction of sp³-hybridized carbons (Fsp3) is 0.308. The van der Waals surface area contributed by atoms with E-state index in [9.17, 15) is 0 Å². The normalized spacial score (nSPS) is 11.5. The lowest BCUT2D eigenvalue weighted by atomic mass is 10.2. The molecule has 0 atom stereocenters. The fourth-order valence-corrected chi connectivity index (χ4v) is 4.43. The van der Waals surface area contributed by atoms with Crippen molar-refractivity contribution in [3.63, 3.8) is 0 Å². The summed E-state index contributed by atoms with van der Waals surface area (Å²) in [6.45, 7) is 5.90. The number of anilines is 2. The number of hydrogen-bond acceptors (Lipinski definition) is 8. The maximum atomic E-state index is 6.04. The van der Waals surface area contributed by atoms with E-state index in [1.54, 1.807) is 11.9 Å². The molecule has 0 saturated carbocycles. The lowest BCUT2D eigenvalue weighted by Crippen LogP contribution is -2.07. The van der Waals surface area contributed by atoms with Crippen LogP contribution in [0.5, 0.6) is 0 Å². The molecule has 0 unspecified atom stereocenters. The Morgan fingerprint density at radius 2 is 1.63 bits per heavy atom. The Balaban J connectivity index is 1.20. The van der Waals surface area contributed by atoms with Crippen LogP contribution in [0.15, 0.2) is 70.0 Å². The summed E-state index contributed by atoms with van der Waals surface area (Å²) in [5, 5.41) is 8.66. The van der Waals surface area contributed by atoms with Crippen LogP contribution in [0.1, 0.15) is 24.1 Å². The highest BCUT2D eigenvalue weighted by atomic mass is 32.2. The van der Waals surface area contributed by atoms with E-state index in [0.29, 0.717) is 5.82 Å². The lowest BCUT2D eigenvalue weighted by molar-refractivity contribution is 0.618. The second-order valence-electron chi connectivity index (χ2n) is 8.65. The number of nitrogens with zero attached hydrogens (tertiary/aromatic N) is 6. The first-order valence-electron chi connectivity index (χ1n) is 11.7. The van der Waals surface area contributed by atoms with Gasteiger partial charge in [0, 0.05) is 43.5 Å². The minimum Gasteiger partial charge on any atom is -0.382 e. The van der Waals surface area contributed by atoms with Gasteiger partial charge in [-0.1, -0.05) is 0 Å². The Morgan fingerprint density at radius 3 is 2.29 bits per heavy atom. The van der Waals surface area contributed by atoms with E-state index in [0.717, 1.165) is 70.2 Å². The molecule has 8 nitrogen and oxygen atoms in total. The lowest BCUT2D eigenvalue weighted by Gasteiger charge is -2.11. The number of nitrogen functional groups attached to an aromatic ring is 1. The number of nitrogens with two attached hydrogens (primary N) is 1. The maximum absolute atomic E-state index is 6.04. The molecule has 35 heavy (non-hydrogen) atoms. The predicted molar refractivity (Wildman–Crippen MR) is 146 cm³/mol. The zero-order valence-electron chi connectivity index (χ0n) is 20.7. The number of rotatable bonds is 10. The molecule has 4 rings (SSSR count). The molecule has 0 spiro atoms. The smallest absolute Gasteiger partial charge is 0.151 e. The van der Waals surface area contributed by atoms with Gasteiger partial charge in [-0.2, -0.15) is 10.2 Å². The second-order valence-corrected chi connectivity index (χ2v) is 9.62. The Kier molecular flexibility index (Phi) is 7.99.